The molecule has 1 unspecified atom stereocenters. The van der Waals surface area contributed by atoms with Crippen molar-refractivity contribution in [3.63, 3.8) is 0 Å². The van der Waals surface area contributed by atoms with Crippen molar-refractivity contribution in [1.29, 1.82) is 0 Å². The van der Waals surface area contributed by atoms with Crippen LogP contribution in [0.15, 0.2) is 10.7 Å². The number of aliphatic hydroxyl groups excluding tert-OH is 1. The van der Waals surface area contributed by atoms with Crippen molar-refractivity contribution >= 4 is 5.91 Å². The van der Waals surface area contributed by atoms with Crippen molar-refractivity contribution in [2.45, 2.75) is 50.8 Å². The van der Waals surface area contributed by atoms with Gasteiger partial charge in [0, 0.05) is 58.4 Å². The topological polar surface area (TPSA) is 94.3 Å². The Balaban J connectivity index is 1.15. The van der Waals surface area contributed by atoms with Crippen LogP contribution in [0.4, 0.5) is 0 Å². The van der Waals surface area contributed by atoms with Crippen LogP contribution in [0.1, 0.15) is 48.5 Å². The Kier molecular flexibility index (Phi) is 8.32. The summed E-state index contributed by atoms with van der Waals surface area (Å²) in [5, 5.41) is 13.5. The summed E-state index contributed by atoms with van der Waals surface area (Å²) in [5.41, 5.74) is 0.380. The monoisotopic (exact) mass is 435 g/mol. The van der Waals surface area contributed by atoms with Crippen molar-refractivity contribution < 1.29 is 19.1 Å². The van der Waals surface area contributed by atoms with E-state index >= 15 is 0 Å². The lowest BCUT2D eigenvalue weighted by atomic mass is 9.95. The molecule has 9 nitrogen and oxygen atoms in total. The average Bonchev–Trinajstić information content (AvgIpc) is 3.25. The van der Waals surface area contributed by atoms with E-state index in [2.05, 4.69) is 25.0 Å². The number of ether oxygens (including phenoxy) is 1. The molecule has 0 bridgehead atoms. The number of amides is 1. The second-order valence-corrected chi connectivity index (χ2v) is 9.08. The summed E-state index contributed by atoms with van der Waals surface area (Å²) in [4.78, 5) is 23.7. The van der Waals surface area contributed by atoms with Crippen LogP contribution in [0.25, 0.3) is 0 Å². The molecule has 1 atom stereocenters. The second kappa shape index (κ2) is 11.4. The Hall–Kier alpha value is -1.52. The van der Waals surface area contributed by atoms with Gasteiger partial charge in [0.2, 0.25) is 5.89 Å². The van der Waals surface area contributed by atoms with Gasteiger partial charge in [-0.25, -0.2) is 4.98 Å². The first-order valence-corrected chi connectivity index (χ1v) is 11.8. The number of hydrogen-bond acceptors (Lipinski definition) is 8. The van der Waals surface area contributed by atoms with Crippen LogP contribution in [0.5, 0.6) is 0 Å². The van der Waals surface area contributed by atoms with Gasteiger partial charge in [-0.3, -0.25) is 19.5 Å². The number of hydrogen-bond donors (Lipinski definition) is 2. The first-order valence-electron chi connectivity index (χ1n) is 11.8. The second-order valence-electron chi connectivity index (χ2n) is 9.08. The largest absolute Gasteiger partial charge is 0.447 e. The molecule has 0 spiro atoms. The summed E-state index contributed by atoms with van der Waals surface area (Å²) in [7, 11) is 0. The highest BCUT2D eigenvalue weighted by molar-refractivity contribution is 5.92. The molecule has 1 saturated carbocycles. The average molecular weight is 436 g/mol. The van der Waals surface area contributed by atoms with E-state index in [-0.39, 0.29) is 18.1 Å². The zero-order valence-corrected chi connectivity index (χ0v) is 18.5. The minimum atomic E-state index is -0.332. The number of nitrogens with one attached hydrogen (secondary N) is 1. The number of aliphatic hydroxyl groups is 1. The van der Waals surface area contributed by atoms with Gasteiger partial charge in [-0.1, -0.05) is 19.3 Å². The van der Waals surface area contributed by atoms with Gasteiger partial charge in [-0.05, 0) is 12.8 Å². The summed E-state index contributed by atoms with van der Waals surface area (Å²) in [5.74, 6) is 0.468. The molecule has 3 heterocycles. The zero-order valence-electron chi connectivity index (χ0n) is 18.5. The third kappa shape index (κ3) is 6.98. The van der Waals surface area contributed by atoms with Gasteiger partial charge in [0.25, 0.3) is 5.91 Å². The van der Waals surface area contributed by atoms with Gasteiger partial charge in [0.1, 0.15) is 6.26 Å². The molecule has 4 rings (SSSR count). The van der Waals surface area contributed by atoms with Gasteiger partial charge in [-0.2, -0.15) is 0 Å². The number of aromatic nitrogens is 1. The fraction of sp³-hybridized carbons (Fsp3) is 0.818. The van der Waals surface area contributed by atoms with Gasteiger partial charge in [0.05, 0.1) is 25.9 Å². The van der Waals surface area contributed by atoms with Crippen LogP contribution in [-0.2, 0) is 11.3 Å². The van der Waals surface area contributed by atoms with Crippen molar-refractivity contribution in [3.8, 4) is 0 Å². The predicted octanol–water partition coefficient (Wildman–Crippen LogP) is 0.548. The third-order valence-electron chi connectivity index (χ3n) is 6.59. The van der Waals surface area contributed by atoms with E-state index in [0.29, 0.717) is 31.2 Å². The SMILES string of the molecule is O=C(NC1CCCCC1)c1coc(CN2CCN(CC(O)CN3CCOCC3)CC2)n1. The van der Waals surface area contributed by atoms with Crippen molar-refractivity contribution in [1.82, 2.24) is 25.0 Å². The Morgan fingerprint density at radius 3 is 2.39 bits per heavy atom. The predicted molar refractivity (Wildman–Crippen MR) is 116 cm³/mol. The fourth-order valence-corrected chi connectivity index (χ4v) is 4.75. The van der Waals surface area contributed by atoms with Crippen LogP contribution in [0, 0.1) is 0 Å². The standard InChI is InChI=1S/C22H37N5O4/c28-19(15-27-10-12-30-13-11-27)14-25-6-8-26(9-7-25)16-21-24-20(17-31-21)22(29)23-18-4-2-1-3-5-18/h17-19,28H,1-16H2,(H,23,29). The van der Waals surface area contributed by atoms with Gasteiger partial charge < -0.3 is 19.6 Å². The Morgan fingerprint density at radius 1 is 1.03 bits per heavy atom. The first-order chi connectivity index (χ1) is 15.2. The zero-order chi connectivity index (χ0) is 21.5. The lowest BCUT2D eigenvalue weighted by molar-refractivity contribution is 0.00187. The van der Waals surface area contributed by atoms with E-state index < -0.39 is 0 Å². The Morgan fingerprint density at radius 2 is 1.68 bits per heavy atom. The number of nitrogens with zero attached hydrogens (tertiary/aromatic N) is 4. The highest BCUT2D eigenvalue weighted by atomic mass is 16.5. The summed E-state index contributed by atoms with van der Waals surface area (Å²) in [6, 6.07) is 0.271. The number of rotatable bonds is 8. The molecule has 1 amide bonds. The van der Waals surface area contributed by atoms with Gasteiger partial charge >= 0.3 is 0 Å². The fourth-order valence-electron chi connectivity index (χ4n) is 4.75. The molecule has 31 heavy (non-hydrogen) atoms. The molecule has 174 valence electrons. The summed E-state index contributed by atoms with van der Waals surface area (Å²) >= 11 is 0. The van der Waals surface area contributed by atoms with E-state index in [9.17, 15) is 9.90 Å². The number of carbonyl (C=O) groups is 1. The van der Waals surface area contributed by atoms with Crippen molar-refractivity contribution in [2.24, 2.45) is 0 Å². The molecule has 3 fully saturated rings. The van der Waals surface area contributed by atoms with Crippen LogP contribution in [0.3, 0.4) is 0 Å². The van der Waals surface area contributed by atoms with Crippen LogP contribution in [0.2, 0.25) is 0 Å². The molecule has 9 heteroatoms. The lowest BCUT2D eigenvalue weighted by Gasteiger charge is -2.36. The highest BCUT2D eigenvalue weighted by Gasteiger charge is 2.23. The molecule has 1 aliphatic carbocycles. The molecule has 2 saturated heterocycles. The maximum atomic E-state index is 12.4. The first kappa shape index (κ1) is 22.7. The van der Waals surface area contributed by atoms with E-state index in [4.69, 9.17) is 9.15 Å². The van der Waals surface area contributed by atoms with Crippen molar-refractivity contribution in [2.75, 3.05) is 65.6 Å². The lowest BCUT2D eigenvalue weighted by Crippen LogP contribution is -2.50. The molecule has 2 aliphatic heterocycles. The quantitative estimate of drug-likeness (QED) is 0.611. The molecule has 0 radical (unpaired) electrons. The highest BCUT2D eigenvalue weighted by Crippen LogP contribution is 2.18. The molecule has 1 aromatic rings. The van der Waals surface area contributed by atoms with Crippen LogP contribution < -0.4 is 5.32 Å². The van der Waals surface area contributed by atoms with Crippen LogP contribution in [-0.4, -0.2) is 108 Å². The molecule has 3 aliphatic rings. The maximum absolute atomic E-state index is 12.4. The number of morpholine rings is 1. The number of β-amino-alcohol motifs (C(OH)–C–C–N with tert-alkyl or cyclic N) is 1. The third-order valence-corrected chi connectivity index (χ3v) is 6.59. The van der Waals surface area contributed by atoms with Gasteiger partial charge in [0.15, 0.2) is 5.69 Å². The number of oxazole rings is 1. The summed E-state index contributed by atoms with van der Waals surface area (Å²) in [6.45, 7) is 8.98. The maximum Gasteiger partial charge on any atom is 0.273 e. The number of carbonyl (C=O) groups excluding carboxylic acids is 1. The molecular weight excluding hydrogens is 398 g/mol. The van der Waals surface area contributed by atoms with Gasteiger partial charge in [-0.15, -0.1) is 0 Å². The van der Waals surface area contributed by atoms with Crippen molar-refractivity contribution in [3.05, 3.63) is 17.8 Å². The van der Waals surface area contributed by atoms with E-state index in [1.165, 1.54) is 25.5 Å². The smallest absolute Gasteiger partial charge is 0.273 e. The Labute approximate surface area is 184 Å². The minimum absolute atomic E-state index is 0.124. The molecule has 1 aromatic heterocycles. The van der Waals surface area contributed by atoms with E-state index in [1.54, 1.807) is 0 Å². The minimum Gasteiger partial charge on any atom is -0.447 e. The summed E-state index contributed by atoms with van der Waals surface area (Å²) < 4.78 is 10.9. The molecule has 0 aromatic carbocycles. The normalized spacial score (nSPS) is 23.6. The summed E-state index contributed by atoms with van der Waals surface area (Å²) in [6.07, 6.45) is 6.90. The number of piperazine rings is 1. The van der Waals surface area contributed by atoms with Crippen LogP contribution >= 0.6 is 0 Å². The van der Waals surface area contributed by atoms with E-state index in [1.807, 2.05) is 0 Å². The molecule has 2 N–H and O–H groups in total. The van der Waals surface area contributed by atoms with E-state index in [0.717, 1.165) is 65.3 Å². The Bertz CT molecular complexity index is 679. The molecular formula is C22H37N5O4.